The summed E-state index contributed by atoms with van der Waals surface area (Å²) in [5.41, 5.74) is 1.77. The topological polar surface area (TPSA) is 0 Å². The van der Waals surface area contributed by atoms with Gasteiger partial charge in [0.1, 0.15) is 0 Å². The van der Waals surface area contributed by atoms with E-state index in [9.17, 15) is 0 Å². The molecule has 1 aromatic carbocycles. The molecule has 1 unspecified atom stereocenters. The van der Waals surface area contributed by atoms with E-state index in [0.29, 0.717) is 11.3 Å². The summed E-state index contributed by atoms with van der Waals surface area (Å²) in [6, 6.07) is 8.54. The third-order valence-corrected chi connectivity index (χ3v) is 3.05. The monoisotopic (exact) mass is 252 g/mol. The maximum Gasteiger partial charge on any atom is 0.00401 e. The van der Waals surface area contributed by atoms with E-state index in [0.717, 1.165) is 4.90 Å². The summed E-state index contributed by atoms with van der Waals surface area (Å²) in [6.07, 6.45) is 2.44. The minimum Gasteiger partial charge on any atom is -0.143 e. The highest BCUT2D eigenvalue weighted by atomic mass is 32.1. The maximum absolute atomic E-state index is 4.30. The van der Waals surface area contributed by atoms with Crippen molar-refractivity contribution < 1.29 is 0 Å². The Balaban J connectivity index is 0.000000770. The second-order valence-electron chi connectivity index (χ2n) is 5.63. The van der Waals surface area contributed by atoms with E-state index in [1.165, 1.54) is 18.4 Å². The molecular formula is C16H28S. The molecule has 0 spiro atoms. The van der Waals surface area contributed by atoms with Crippen LogP contribution >= 0.6 is 12.6 Å². The lowest BCUT2D eigenvalue weighted by Gasteiger charge is -2.30. The highest BCUT2D eigenvalue weighted by Gasteiger charge is 2.23. The summed E-state index contributed by atoms with van der Waals surface area (Å²) >= 11 is 4.30. The Hall–Kier alpha value is -0.430. The van der Waals surface area contributed by atoms with Crippen molar-refractivity contribution in [2.75, 3.05) is 0 Å². The quantitative estimate of drug-likeness (QED) is 0.619. The number of hydrogen-bond donors (Lipinski definition) is 1. The first kappa shape index (κ1) is 16.6. The van der Waals surface area contributed by atoms with E-state index in [-0.39, 0.29) is 0 Å². The molecule has 0 N–H and O–H groups in total. The van der Waals surface area contributed by atoms with Gasteiger partial charge in [-0.3, -0.25) is 0 Å². The van der Waals surface area contributed by atoms with Gasteiger partial charge in [0.05, 0.1) is 0 Å². The Labute approximate surface area is 113 Å². The van der Waals surface area contributed by atoms with E-state index in [1.807, 2.05) is 0 Å². The molecule has 0 amide bonds. The van der Waals surface area contributed by atoms with E-state index in [1.54, 1.807) is 0 Å². The van der Waals surface area contributed by atoms with Gasteiger partial charge in [-0.15, -0.1) is 12.6 Å². The molecule has 0 heterocycles. The van der Waals surface area contributed by atoms with Crippen LogP contribution in [0, 0.1) is 5.41 Å². The van der Waals surface area contributed by atoms with Crippen molar-refractivity contribution in [2.45, 2.75) is 65.2 Å². The Morgan fingerprint density at radius 2 is 1.41 bits per heavy atom. The van der Waals surface area contributed by atoms with Gasteiger partial charge in [-0.25, -0.2) is 0 Å². The van der Waals surface area contributed by atoms with Crippen LogP contribution in [0.25, 0.3) is 0 Å². The molecule has 0 saturated carbocycles. The second-order valence-corrected chi connectivity index (χ2v) is 6.14. The van der Waals surface area contributed by atoms with E-state index in [4.69, 9.17) is 0 Å². The highest BCUT2D eigenvalue weighted by molar-refractivity contribution is 7.80. The molecule has 1 rings (SSSR count). The molecule has 0 aliphatic carbocycles. The lowest BCUT2D eigenvalue weighted by molar-refractivity contribution is 0.312. The number of hydrogen-bond acceptors (Lipinski definition) is 1. The largest absolute Gasteiger partial charge is 0.143 e. The number of benzene rings is 1. The fourth-order valence-corrected chi connectivity index (χ4v) is 2.20. The summed E-state index contributed by atoms with van der Waals surface area (Å²) in [6.45, 7) is 13.4. The van der Waals surface area contributed by atoms with Crippen molar-refractivity contribution in [3.63, 3.8) is 0 Å². The molecule has 1 atom stereocenters. The zero-order valence-electron chi connectivity index (χ0n) is 12.2. The first-order chi connectivity index (χ1) is 7.86. The van der Waals surface area contributed by atoms with Crippen LogP contribution in [0.5, 0.6) is 0 Å². The molecular weight excluding hydrogens is 224 g/mol. The normalized spacial score (nSPS) is 12.6. The lowest BCUT2D eigenvalue weighted by atomic mass is 9.75. The summed E-state index contributed by atoms with van der Waals surface area (Å²) in [7, 11) is 0. The SMILES string of the molecule is CCC.CCC(c1ccc(S)cc1)C(C)(C)C. The predicted octanol–water partition coefficient (Wildman–Crippen LogP) is 5.93. The summed E-state index contributed by atoms with van der Waals surface area (Å²) in [4.78, 5) is 1.04. The van der Waals surface area contributed by atoms with Gasteiger partial charge < -0.3 is 0 Å². The molecule has 0 fully saturated rings. The minimum atomic E-state index is 0.340. The minimum absolute atomic E-state index is 0.340. The standard InChI is InChI=1S/C13H20S.C3H8/c1-5-12(13(2,3)4)10-6-8-11(14)9-7-10;1-3-2/h6-9,12,14H,5H2,1-4H3;3H2,1-2H3. The van der Waals surface area contributed by atoms with Crippen molar-refractivity contribution in [2.24, 2.45) is 5.41 Å². The van der Waals surface area contributed by atoms with Crippen molar-refractivity contribution in [1.82, 2.24) is 0 Å². The molecule has 98 valence electrons. The van der Waals surface area contributed by atoms with Gasteiger partial charge in [0.25, 0.3) is 0 Å². The predicted molar refractivity (Wildman–Crippen MR) is 82.1 cm³/mol. The van der Waals surface area contributed by atoms with Gasteiger partial charge in [0.15, 0.2) is 0 Å². The first-order valence-corrected chi connectivity index (χ1v) is 7.10. The summed E-state index contributed by atoms with van der Waals surface area (Å²) in [5.74, 6) is 0.636. The lowest BCUT2D eigenvalue weighted by Crippen LogP contribution is -2.17. The molecule has 1 aromatic rings. The van der Waals surface area contributed by atoms with Gasteiger partial charge in [0, 0.05) is 4.90 Å². The molecule has 0 aliphatic heterocycles. The third kappa shape index (κ3) is 6.16. The van der Waals surface area contributed by atoms with Crippen molar-refractivity contribution in [1.29, 1.82) is 0 Å². The van der Waals surface area contributed by atoms with Crippen LogP contribution in [-0.4, -0.2) is 0 Å². The second kappa shape index (κ2) is 7.81. The molecule has 0 saturated heterocycles. The molecule has 0 radical (unpaired) electrons. The van der Waals surface area contributed by atoms with Crippen molar-refractivity contribution in [3.05, 3.63) is 29.8 Å². The van der Waals surface area contributed by atoms with E-state index >= 15 is 0 Å². The Kier molecular flexibility index (Phi) is 7.61. The Bertz CT molecular complexity index is 292. The van der Waals surface area contributed by atoms with Crippen LogP contribution in [0.15, 0.2) is 29.2 Å². The van der Waals surface area contributed by atoms with Crippen LogP contribution < -0.4 is 0 Å². The van der Waals surface area contributed by atoms with Crippen LogP contribution in [-0.2, 0) is 0 Å². The van der Waals surface area contributed by atoms with Crippen LogP contribution in [0.2, 0.25) is 0 Å². The molecule has 0 aliphatic rings. The van der Waals surface area contributed by atoms with Gasteiger partial charge in [0.2, 0.25) is 0 Å². The van der Waals surface area contributed by atoms with Crippen molar-refractivity contribution in [3.8, 4) is 0 Å². The zero-order valence-corrected chi connectivity index (χ0v) is 13.1. The third-order valence-electron chi connectivity index (χ3n) is 2.75. The maximum atomic E-state index is 4.30. The van der Waals surface area contributed by atoms with Gasteiger partial charge in [-0.1, -0.05) is 60.1 Å². The molecule has 0 bridgehead atoms. The van der Waals surface area contributed by atoms with E-state index < -0.39 is 0 Å². The van der Waals surface area contributed by atoms with Gasteiger partial charge >= 0.3 is 0 Å². The van der Waals surface area contributed by atoms with E-state index in [2.05, 4.69) is 78.4 Å². The summed E-state index contributed by atoms with van der Waals surface area (Å²) < 4.78 is 0. The molecule has 17 heavy (non-hydrogen) atoms. The molecule has 0 aromatic heterocycles. The molecule has 1 heteroatoms. The zero-order chi connectivity index (χ0) is 13.5. The Morgan fingerprint density at radius 3 is 1.71 bits per heavy atom. The van der Waals surface area contributed by atoms with Crippen molar-refractivity contribution >= 4 is 12.6 Å². The summed E-state index contributed by atoms with van der Waals surface area (Å²) in [5, 5.41) is 0. The van der Waals surface area contributed by atoms with Crippen LogP contribution in [0.4, 0.5) is 0 Å². The average Bonchev–Trinajstić information content (AvgIpc) is 2.21. The number of rotatable bonds is 2. The Morgan fingerprint density at radius 1 is 1.00 bits per heavy atom. The fraction of sp³-hybridized carbons (Fsp3) is 0.625. The first-order valence-electron chi connectivity index (χ1n) is 6.65. The van der Waals surface area contributed by atoms with Gasteiger partial charge in [-0.2, -0.15) is 0 Å². The van der Waals surface area contributed by atoms with Crippen LogP contribution in [0.3, 0.4) is 0 Å². The fourth-order valence-electron chi connectivity index (χ4n) is 2.05. The molecule has 0 nitrogen and oxygen atoms in total. The average molecular weight is 252 g/mol. The van der Waals surface area contributed by atoms with Crippen LogP contribution in [0.1, 0.15) is 65.9 Å². The van der Waals surface area contributed by atoms with Gasteiger partial charge in [-0.05, 0) is 35.4 Å². The number of thiol groups is 1. The highest BCUT2D eigenvalue weighted by Crippen LogP contribution is 2.37. The smallest absolute Gasteiger partial charge is 0.00401 e.